The first kappa shape index (κ1) is 77.2. The second kappa shape index (κ2) is 34.8. The first-order valence-corrected chi connectivity index (χ1v) is 32.6. The highest BCUT2D eigenvalue weighted by Crippen LogP contribution is 2.33. The third-order valence-corrected chi connectivity index (χ3v) is 18.5. The molecule has 25 atom stereocenters. The summed E-state index contributed by atoms with van der Waals surface area (Å²) >= 11 is 0. The maximum Gasteiger partial charge on any atom is 0.246 e. The highest BCUT2D eigenvalue weighted by Gasteiger charge is 2.54. The van der Waals surface area contributed by atoms with Crippen molar-refractivity contribution in [3.05, 3.63) is 108 Å². The number of benzene rings is 4. The van der Waals surface area contributed by atoms with Crippen molar-refractivity contribution >= 4 is 52.6 Å². The Morgan fingerprint density at radius 1 is 0.663 bits per heavy atom. The number of methoxy groups -OCH3 is 1. The predicted octanol–water partition coefficient (Wildman–Crippen LogP) is -8.59. The molecule has 0 aliphatic carbocycles. The van der Waals surface area contributed by atoms with Gasteiger partial charge in [0.2, 0.25) is 36.2 Å². The lowest BCUT2D eigenvalue weighted by Gasteiger charge is -2.46. The summed E-state index contributed by atoms with van der Waals surface area (Å²) in [5, 5.41) is 179. The third kappa shape index (κ3) is 17.9. The second-order valence-electron chi connectivity index (χ2n) is 25.1. The van der Waals surface area contributed by atoms with Gasteiger partial charge in [-0.05, 0) is 64.2 Å². The Kier molecular flexibility index (Phi) is 26.6. The highest BCUT2D eigenvalue weighted by molar-refractivity contribution is 5.96. The minimum absolute atomic E-state index is 0.0431. The van der Waals surface area contributed by atoms with Crippen molar-refractivity contribution < 1.29 is 124 Å². The van der Waals surface area contributed by atoms with Crippen LogP contribution in [-0.4, -0.2) is 306 Å². The Morgan fingerprint density at radius 2 is 1.28 bits per heavy atom. The first-order valence-electron chi connectivity index (χ1n) is 32.6. The molecular formula is C65H88N11O25. The van der Waals surface area contributed by atoms with Gasteiger partial charge in [-0.2, -0.15) is 0 Å². The molecule has 36 nitrogen and oxygen atoms in total. The number of fused-ring (bicyclic) bond motifs is 1. The number of hydrogen-bond donors (Lipinski definition) is 23. The zero-order valence-corrected chi connectivity index (χ0v) is 54.7. The minimum Gasteiger partial charge on any atom is -0.497 e. The van der Waals surface area contributed by atoms with Gasteiger partial charge in [0.25, 0.3) is 0 Å². The fourth-order valence-corrected chi connectivity index (χ4v) is 12.7. The Hall–Kier alpha value is -7.93. The van der Waals surface area contributed by atoms with Crippen molar-refractivity contribution in [2.75, 3.05) is 46.6 Å². The molecule has 5 heterocycles. The smallest absolute Gasteiger partial charge is 0.246 e. The summed E-state index contributed by atoms with van der Waals surface area (Å²) in [7, 11) is 1.56. The molecule has 5 saturated heterocycles. The third-order valence-electron chi connectivity index (χ3n) is 18.5. The number of ether oxygens (including phenoxy) is 7. The number of guanidine groups is 2. The maximum atomic E-state index is 15.1. The van der Waals surface area contributed by atoms with Gasteiger partial charge < -0.3 is 147 Å². The number of nitrogens with one attached hydrogen (secondary N) is 9. The van der Waals surface area contributed by atoms with E-state index in [0.717, 1.165) is 21.2 Å². The monoisotopic (exact) mass is 1420 g/mol. The molecule has 5 aliphatic heterocycles. The Balaban J connectivity index is 0.922. The number of aliphatic hydroxyl groups excluding tert-OH is 13. The van der Waals surface area contributed by atoms with Gasteiger partial charge in [-0.3, -0.25) is 34.8 Å². The summed E-state index contributed by atoms with van der Waals surface area (Å²) in [5.41, 5.74) is 8.33. The molecule has 0 saturated carbocycles. The van der Waals surface area contributed by atoms with Crippen LogP contribution in [0.5, 0.6) is 11.5 Å². The molecule has 5 aliphatic rings. The van der Waals surface area contributed by atoms with Crippen LogP contribution in [0.4, 0.5) is 0 Å². The van der Waals surface area contributed by atoms with E-state index in [4.69, 9.17) is 49.7 Å². The van der Waals surface area contributed by atoms with E-state index >= 15 is 4.79 Å². The van der Waals surface area contributed by atoms with Gasteiger partial charge >= 0.3 is 0 Å². The minimum atomic E-state index is -2.30. The number of aliphatic hydroxyl groups is 13. The molecule has 101 heavy (non-hydrogen) atoms. The van der Waals surface area contributed by atoms with Gasteiger partial charge in [0.05, 0.1) is 58.3 Å². The average Bonchev–Trinajstić information content (AvgIpc) is 1.71. The van der Waals surface area contributed by atoms with E-state index in [1.807, 2.05) is 30.3 Å². The van der Waals surface area contributed by atoms with Crippen LogP contribution in [0.3, 0.4) is 0 Å². The van der Waals surface area contributed by atoms with E-state index < -0.39 is 215 Å². The van der Waals surface area contributed by atoms with Gasteiger partial charge in [0.15, 0.2) is 24.4 Å². The number of carbonyl (C=O) groups excluding carboxylic acids is 5. The van der Waals surface area contributed by atoms with Gasteiger partial charge in [0, 0.05) is 25.4 Å². The van der Waals surface area contributed by atoms with Crippen LogP contribution in [0.15, 0.2) is 91.0 Å². The lowest BCUT2D eigenvalue weighted by atomic mass is 9.89. The van der Waals surface area contributed by atoms with E-state index in [-0.39, 0.29) is 37.0 Å². The summed E-state index contributed by atoms with van der Waals surface area (Å²) in [6, 6.07) is 13.2. The summed E-state index contributed by atoms with van der Waals surface area (Å²) in [6.07, 6.45) is -29.5. The van der Waals surface area contributed by atoms with E-state index in [1.165, 1.54) is 30.6 Å². The number of carbonyl (C=O) groups is 4. The fourth-order valence-electron chi connectivity index (χ4n) is 12.7. The number of nitrogens with two attached hydrogens (primary N) is 1. The van der Waals surface area contributed by atoms with Gasteiger partial charge in [-0.25, -0.2) is 0 Å². The SMILES string of the molecule is CCC(c1ccccc1)C(N)C(=O)NC(Cc1ccc(OC2OC(CO)C(OC3OC(COCc4ccc5cc(OC)ccc5c4)C(O)C(O)C3O)C(O)C2O)cc1)C(=O)NC(C(=O)NC(C(=O)NC([C]=O)CO)C(O)C1CNC(=N)N1C1OC(CO)C(O)C(O)C1O)C(O)C1CNC(=N)N1. The second-order valence-corrected chi connectivity index (χ2v) is 25.1. The molecule has 25 unspecified atom stereocenters. The zero-order valence-electron chi connectivity index (χ0n) is 54.7. The Bertz CT molecular complexity index is 3460. The topological polar surface area (TPSA) is 574 Å². The Morgan fingerprint density at radius 3 is 1.93 bits per heavy atom. The number of nitrogens with zero attached hydrogens (tertiary/aromatic N) is 1. The standard InChI is InChI=1S/C65H88N11O25/c1-3-36(30-7-5-4-6-8-30)43(66)58(92)72-37(57(91)74-44(46(81)38-20-69-64(67)73-38)60(94)75-45(59(93)71-33(22-77)23-78)47(82)39-21-70-65(68)76(39)61-53(88)50(85)48(83)40(24-79)98-61)18-28-10-14-34(15-11-28)97-62-55(90)52(87)56(41(25-80)99-62)101-63-54(89)51(86)49(84)42(100-63)27-96-26-29-9-12-32-19-35(95-2)16-13-31(32)17-29/h4-17,19,33,36-56,61-63,77,79-90H,3,18,20-22,24-27,66H2,1-2H3,(H2,68,70)(H,71,93)(H,72,92)(H,74,91)(H,75,94)(H3,67,69,73). The van der Waals surface area contributed by atoms with Crippen LogP contribution in [-0.2, 0) is 60.7 Å². The van der Waals surface area contributed by atoms with E-state index in [1.54, 1.807) is 50.4 Å². The van der Waals surface area contributed by atoms with Crippen molar-refractivity contribution in [3.63, 3.8) is 0 Å². The Labute approximate surface area is 577 Å². The van der Waals surface area contributed by atoms with Crippen LogP contribution in [0, 0.1) is 10.8 Å². The molecule has 9 rings (SSSR count). The van der Waals surface area contributed by atoms with Crippen molar-refractivity contribution in [1.82, 2.24) is 42.1 Å². The predicted molar refractivity (Wildman–Crippen MR) is 348 cm³/mol. The lowest BCUT2D eigenvalue weighted by molar-refractivity contribution is -0.353. The maximum absolute atomic E-state index is 15.1. The first-order chi connectivity index (χ1) is 48.3. The van der Waals surface area contributed by atoms with Crippen LogP contribution >= 0.6 is 0 Å². The molecule has 4 aromatic rings. The number of rotatable bonds is 31. The summed E-state index contributed by atoms with van der Waals surface area (Å²) < 4.78 is 40.4. The molecule has 24 N–H and O–H groups in total. The summed E-state index contributed by atoms with van der Waals surface area (Å²) in [6.45, 7) is -1.98. The highest BCUT2D eigenvalue weighted by atomic mass is 16.7. The zero-order chi connectivity index (χ0) is 73.1. The van der Waals surface area contributed by atoms with Crippen molar-refractivity contribution in [3.8, 4) is 11.5 Å². The van der Waals surface area contributed by atoms with Crippen molar-refractivity contribution in [2.45, 2.75) is 179 Å². The largest absolute Gasteiger partial charge is 0.497 e. The van der Waals surface area contributed by atoms with Gasteiger partial charge in [0.1, 0.15) is 121 Å². The fraction of sp³-hybridized carbons (Fsp3) is 0.554. The van der Waals surface area contributed by atoms with E-state index in [2.05, 4.69) is 37.2 Å². The van der Waals surface area contributed by atoms with Crippen LogP contribution < -0.4 is 52.4 Å². The average molecular weight is 1420 g/mol. The lowest BCUT2D eigenvalue weighted by Crippen LogP contribution is -2.69. The molecule has 553 valence electrons. The molecule has 5 fully saturated rings. The molecule has 1 radical (unpaired) electrons. The molecule has 36 heteroatoms. The van der Waals surface area contributed by atoms with Crippen LogP contribution in [0.25, 0.3) is 10.8 Å². The van der Waals surface area contributed by atoms with Crippen LogP contribution in [0.2, 0.25) is 0 Å². The van der Waals surface area contributed by atoms with E-state index in [9.17, 15) is 85.6 Å². The molecule has 0 bridgehead atoms. The number of amides is 4. The normalized spacial score (nSPS) is 30.6. The van der Waals surface area contributed by atoms with Crippen molar-refractivity contribution in [1.29, 1.82) is 10.8 Å². The van der Waals surface area contributed by atoms with Gasteiger partial charge in [-0.15, -0.1) is 0 Å². The number of hydrogen-bond acceptors (Lipinski definition) is 28. The molecule has 0 spiro atoms. The van der Waals surface area contributed by atoms with Gasteiger partial charge in [-0.1, -0.05) is 67.6 Å². The molecule has 4 aromatic carbocycles. The quantitative estimate of drug-likeness (QED) is 0.0222. The van der Waals surface area contributed by atoms with Crippen LogP contribution in [0.1, 0.15) is 36.0 Å². The molecule has 4 amide bonds. The molecule has 0 aromatic heterocycles. The van der Waals surface area contributed by atoms with E-state index in [0.29, 0.717) is 17.7 Å². The van der Waals surface area contributed by atoms with Crippen molar-refractivity contribution in [2.24, 2.45) is 5.73 Å². The summed E-state index contributed by atoms with van der Waals surface area (Å²) in [4.78, 5) is 71.3. The molecular weight excluding hydrogens is 1330 g/mol. The summed E-state index contributed by atoms with van der Waals surface area (Å²) in [5.74, 6) is -5.78.